The lowest BCUT2D eigenvalue weighted by atomic mass is 10.2. The molecule has 2 aromatic rings. The Morgan fingerprint density at radius 1 is 1.21 bits per heavy atom. The van der Waals surface area contributed by atoms with Gasteiger partial charge in [0.25, 0.3) is 0 Å². The Morgan fingerprint density at radius 2 is 1.89 bits per heavy atom. The number of sulfonamides is 1. The molecule has 1 N–H and O–H groups in total. The second-order valence-corrected chi connectivity index (χ2v) is 6.76. The number of halogens is 1. The molecule has 0 aliphatic rings. The minimum Gasteiger partial charge on any atom is -0.497 e. The molecule has 0 radical (unpaired) electrons. The molecule has 0 saturated heterocycles. The number of ether oxygens (including phenoxy) is 1. The molecule has 4 nitrogen and oxygen atoms in total. The molecule has 0 spiro atoms. The summed E-state index contributed by atoms with van der Waals surface area (Å²) in [5.74, 6) is 0.701. The van der Waals surface area contributed by atoms with E-state index in [1.807, 2.05) is 0 Å². The van der Waals surface area contributed by atoms with Crippen molar-refractivity contribution in [3.63, 3.8) is 0 Å². The van der Waals surface area contributed by atoms with Crippen LogP contribution < -0.4 is 9.46 Å². The van der Waals surface area contributed by atoms with E-state index >= 15 is 0 Å². The highest BCUT2D eigenvalue weighted by molar-refractivity contribution is 7.91. The van der Waals surface area contributed by atoms with Crippen molar-refractivity contribution in [1.82, 2.24) is 4.72 Å². The van der Waals surface area contributed by atoms with Gasteiger partial charge in [0.05, 0.1) is 7.11 Å². The number of benzene rings is 1. The topological polar surface area (TPSA) is 55.4 Å². The highest BCUT2D eigenvalue weighted by Gasteiger charge is 2.16. The summed E-state index contributed by atoms with van der Waals surface area (Å²) < 4.78 is 43.9. The zero-order valence-electron chi connectivity index (χ0n) is 10.1. The van der Waals surface area contributed by atoms with Crippen LogP contribution >= 0.6 is 11.3 Å². The average molecular weight is 301 g/mol. The summed E-state index contributed by atoms with van der Waals surface area (Å²) in [5, 5.41) is -0.523. The van der Waals surface area contributed by atoms with Crippen LogP contribution in [0.1, 0.15) is 5.56 Å². The van der Waals surface area contributed by atoms with E-state index < -0.39 is 15.2 Å². The normalized spacial score (nSPS) is 11.5. The minimum atomic E-state index is -3.66. The maximum Gasteiger partial charge on any atom is 0.250 e. The molecule has 0 atom stereocenters. The molecule has 7 heteroatoms. The maximum absolute atomic E-state index is 12.8. The van der Waals surface area contributed by atoms with Crippen LogP contribution in [0.5, 0.6) is 5.75 Å². The molecule has 0 unspecified atom stereocenters. The van der Waals surface area contributed by atoms with Gasteiger partial charge in [-0.2, -0.15) is 4.39 Å². The van der Waals surface area contributed by atoms with Crippen LogP contribution in [0.15, 0.2) is 40.6 Å². The summed E-state index contributed by atoms with van der Waals surface area (Å²) in [7, 11) is -2.10. The van der Waals surface area contributed by atoms with E-state index in [0.717, 1.165) is 11.6 Å². The Hall–Kier alpha value is -1.44. The van der Waals surface area contributed by atoms with Crippen LogP contribution in [-0.2, 0) is 16.6 Å². The van der Waals surface area contributed by atoms with Crippen molar-refractivity contribution < 1.29 is 17.5 Å². The maximum atomic E-state index is 12.8. The summed E-state index contributed by atoms with van der Waals surface area (Å²) >= 11 is 0.599. The van der Waals surface area contributed by atoms with E-state index in [9.17, 15) is 12.8 Å². The molecule has 102 valence electrons. The summed E-state index contributed by atoms with van der Waals surface area (Å²) in [4.78, 5) is 0. The lowest BCUT2D eigenvalue weighted by Crippen LogP contribution is -2.22. The van der Waals surface area contributed by atoms with E-state index in [1.54, 1.807) is 31.4 Å². The van der Waals surface area contributed by atoms with E-state index in [-0.39, 0.29) is 10.8 Å². The molecule has 2 rings (SSSR count). The molecule has 0 aliphatic heterocycles. The van der Waals surface area contributed by atoms with Crippen molar-refractivity contribution in [3.05, 3.63) is 47.1 Å². The fourth-order valence-corrected chi connectivity index (χ4v) is 3.50. The lowest BCUT2D eigenvalue weighted by molar-refractivity contribution is 0.414. The zero-order chi connectivity index (χ0) is 13.9. The third kappa shape index (κ3) is 3.52. The zero-order valence-corrected chi connectivity index (χ0v) is 11.7. The van der Waals surface area contributed by atoms with Crippen molar-refractivity contribution in [1.29, 1.82) is 0 Å². The molecule has 1 heterocycles. The van der Waals surface area contributed by atoms with Crippen molar-refractivity contribution >= 4 is 21.4 Å². The molecule has 0 aliphatic carbocycles. The molecular weight excluding hydrogens is 289 g/mol. The van der Waals surface area contributed by atoms with Crippen LogP contribution in [0.25, 0.3) is 0 Å². The first-order chi connectivity index (χ1) is 9.01. The third-order valence-electron chi connectivity index (χ3n) is 2.44. The van der Waals surface area contributed by atoms with Gasteiger partial charge >= 0.3 is 0 Å². The number of rotatable bonds is 5. The van der Waals surface area contributed by atoms with E-state index in [2.05, 4.69) is 4.72 Å². The largest absolute Gasteiger partial charge is 0.497 e. The van der Waals surface area contributed by atoms with Gasteiger partial charge in [-0.3, -0.25) is 0 Å². The first-order valence-corrected chi connectivity index (χ1v) is 7.69. The third-order valence-corrected chi connectivity index (χ3v) is 5.21. The summed E-state index contributed by atoms with van der Waals surface area (Å²) in [5.41, 5.74) is 0.793. The van der Waals surface area contributed by atoms with Crippen LogP contribution in [0.4, 0.5) is 4.39 Å². The number of methoxy groups -OCH3 is 1. The Labute approximate surface area is 114 Å². The molecule has 0 bridgehead atoms. The summed E-state index contributed by atoms with van der Waals surface area (Å²) in [6.07, 6.45) is 0. The molecule has 0 amide bonds. The van der Waals surface area contributed by atoms with Gasteiger partial charge in [-0.1, -0.05) is 23.5 Å². The Bertz CT molecular complexity index is 650. The van der Waals surface area contributed by atoms with E-state index in [0.29, 0.717) is 17.1 Å². The van der Waals surface area contributed by atoms with Crippen molar-refractivity contribution in [3.8, 4) is 5.75 Å². The molecule has 0 fully saturated rings. The van der Waals surface area contributed by atoms with E-state index in [4.69, 9.17) is 4.74 Å². The second-order valence-electron chi connectivity index (χ2n) is 3.73. The smallest absolute Gasteiger partial charge is 0.250 e. The van der Waals surface area contributed by atoms with Crippen molar-refractivity contribution in [2.45, 2.75) is 10.8 Å². The van der Waals surface area contributed by atoms with Crippen molar-refractivity contribution in [2.24, 2.45) is 0 Å². The first kappa shape index (κ1) is 14.0. The number of thiophene rings is 1. The Kier molecular flexibility index (Phi) is 4.18. The fraction of sp³-hybridized carbons (Fsp3) is 0.167. The predicted octanol–water partition coefficient (Wildman–Crippen LogP) is 2.37. The second kappa shape index (κ2) is 5.68. The van der Waals surface area contributed by atoms with Gasteiger partial charge in [0.1, 0.15) is 9.96 Å². The van der Waals surface area contributed by atoms with Crippen LogP contribution in [-0.4, -0.2) is 15.5 Å². The number of nitrogens with one attached hydrogen (secondary N) is 1. The van der Waals surface area contributed by atoms with Gasteiger partial charge in [0.2, 0.25) is 10.0 Å². The van der Waals surface area contributed by atoms with Gasteiger partial charge in [-0.05, 0) is 29.8 Å². The standard InChI is InChI=1S/C12H12FNO3S2/c1-17-10-4-2-9(3-5-10)8-14-19(15,16)12-7-6-11(13)18-12/h2-7,14H,8H2,1H3. The Balaban J connectivity index is 2.05. The fourth-order valence-electron chi connectivity index (χ4n) is 1.43. The minimum absolute atomic E-state index is 0.0292. The molecule has 19 heavy (non-hydrogen) atoms. The van der Waals surface area contributed by atoms with Crippen molar-refractivity contribution in [2.75, 3.05) is 7.11 Å². The molecule has 1 aromatic carbocycles. The van der Waals surface area contributed by atoms with Gasteiger partial charge in [-0.15, -0.1) is 0 Å². The highest BCUT2D eigenvalue weighted by Crippen LogP contribution is 2.20. The number of hydrogen-bond acceptors (Lipinski definition) is 4. The molecular formula is C12H12FNO3S2. The highest BCUT2D eigenvalue weighted by atomic mass is 32.2. The molecule has 1 aromatic heterocycles. The van der Waals surface area contributed by atoms with Crippen LogP contribution in [0.3, 0.4) is 0 Å². The SMILES string of the molecule is COc1ccc(CNS(=O)(=O)c2ccc(F)s2)cc1. The first-order valence-electron chi connectivity index (χ1n) is 5.39. The van der Waals surface area contributed by atoms with Gasteiger partial charge in [-0.25, -0.2) is 13.1 Å². The van der Waals surface area contributed by atoms with Crippen LogP contribution in [0, 0.1) is 5.13 Å². The number of hydrogen-bond donors (Lipinski definition) is 1. The monoisotopic (exact) mass is 301 g/mol. The summed E-state index contributed by atoms with van der Waals surface area (Å²) in [6, 6.07) is 9.39. The molecule has 0 saturated carbocycles. The quantitative estimate of drug-likeness (QED) is 0.922. The Morgan fingerprint density at radius 3 is 2.42 bits per heavy atom. The van der Waals surface area contributed by atoms with Crippen LogP contribution in [0.2, 0.25) is 0 Å². The van der Waals surface area contributed by atoms with E-state index in [1.165, 1.54) is 6.07 Å². The lowest BCUT2D eigenvalue weighted by Gasteiger charge is -2.05. The van der Waals surface area contributed by atoms with Gasteiger partial charge in [0, 0.05) is 6.54 Å². The average Bonchev–Trinajstić information content (AvgIpc) is 2.85. The van der Waals surface area contributed by atoms with Gasteiger partial charge in [0.15, 0.2) is 5.13 Å². The predicted molar refractivity (Wildman–Crippen MR) is 71.3 cm³/mol. The summed E-state index contributed by atoms with van der Waals surface area (Å²) in [6.45, 7) is 0.145. The van der Waals surface area contributed by atoms with Gasteiger partial charge < -0.3 is 4.74 Å².